The van der Waals surface area contributed by atoms with E-state index in [2.05, 4.69) is 155 Å². The lowest BCUT2D eigenvalue weighted by Crippen LogP contribution is -2.36. The fraction of sp³-hybridized carbons (Fsp3) is 0.0208. The van der Waals surface area contributed by atoms with Gasteiger partial charge in [-0.2, -0.15) is 0 Å². The summed E-state index contributed by atoms with van der Waals surface area (Å²) in [6.45, 7) is 0. The lowest BCUT2D eigenvalue weighted by molar-refractivity contribution is 0.399. The molecular weight excluding hydrogens is 637 g/mol. The Kier molecular flexibility index (Phi) is 6.13. The van der Waals surface area contributed by atoms with Gasteiger partial charge < -0.3 is 14.0 Å². The van der Waals surface area contributed by atoms with Gasteiger partial charge in [0.1, 0.15) is 23.0 Å². The molecule has 11 rings (SSSR count). The molecule has 0 aliphatic carbocycles. The largest absolute Gasteiger partial charge is 0.457 e. The van der Waals surface area contributed by atoms with Gasteiger partial charge in [0.2, 0.25) is 0 Å². The number of benzene rings is 7. The normalized spacial score (nSPS) is 13.5. The van der Waals surface area contributed by atoms with E-state index in [1.165, 1.54) is 21.8 Å². The molecule has 244 valence electrons. The summed E-state index contributed by atoms with van der Waals surface area (Å²) < 4.78 is 15.9. The van der Waals surface area contributed by atoms with Crippen LogP contribution in [0.5, 0.6) is 23.0 Å². The molecule has 7 aromatic carbocycles. The maximum absolute atomic E-state index is 7.01. The van der Waals surface area contributed by atoms with Crippen molar-refractivity contribution in [2.75, 3.05) is 0 Å². The number of nitrogens with zero attached hydrogens (tertiary/aromatic N) is 2. The fourth-order valence-corrected chi connectivity index (χ4v) is 8.55. The molecule has 2 aromatic heterocycles. The van der Waals surface area contributed by atoms with Crippen LogP contribution in [-0.4, -0.2) is 9.55 Å². The van der Waals surface area contributed by atoms with Crippen molar-refractivity contribution in [3.63, 3.8) is 0 Å². The molecule has 0 bridgehead atoms. The van der Waals surface area contributed by atoms with Gasteiger partial charge in [-0.1, -0.05) is 109 Å². The number of para-hydroxylation sites is 4. The third-order valence-corrected chi connectivity index (χ3v) is 10.8. The number of hydrogen-bond acceptors (Lipinski definition) is 3. The first-order valence-electron chi connectivity index (χ1n) is 17.6. The highest BCUT2D eigenvalue weighted by Crippen LogP contribution is 2.62. The third-order valence-electron chi connectivity index (χ3n) is 10.8. The Morgan fingerprint density at radius 3 is 1.71 bits per heavy atom. The molecule has 4 heterocycles. The molecule has 0 fully saturated rings. The third kappa shape index (κ3) is 4.06. The summed E-state index contributed by atoms with van der Waals surface area (Å²) in [5.74, 6) is 3.32. The van der Waals surface area contributed by atoms with Crippen LogP contribution in [0.15, 0.2) is 182 Å². The van der Waals surface area contributed by atoms with E-state index in [-0.39, 0.29) is 0 Å². The first-order chi connectivity index (χ1) is 25.8. The molecule has 52 heavy (non-hydrogen) atoms. The van der Waals surface area contributed by atoms with Gasteiger partial charge in [0.15, 0.2) is 0 Å². The number of rotatable bonds is 3. The number of ether oxygens (including phenoxy) is 2. The monoisotopic (exact) mass is 666 g/mol. The van der Waals surface area contributed by atoms with Gasteiger partial charge in [-0.3, -0.25) is 4.98 Å². The van der Waals surface area contributed by atoms with Crippen molar-refractivity contribution in [3.8, 4) is 51.1 Å². The summed E-state index contributed by atoms with van der Waals surface area (Å²) >= 11 is 0. The van der Waals surface area contributed by atoms with E-state index < -0.39 is 5.41 Å². The average Bonchev–Trinajstić information content (AvgIpc) is 3.55. The van der Waals surface area contributed by atoms with Crippen molar-refractivity contribution < 1.29 is 9.47 Å². The zero-order valence-electron chi connectivity index (χ0n) is 28.0. The molecule has 0 N–H and O–H groups in total. The fourth-order valence-electron chi connectivity index (χ4n) is 8.55. The minimum absolute atomic E-state index is 0.664. The van der Waals surface area contributed by atoms with Crippen LogP contribution in [0.25, 0.3) is 49.9 Å². The molecule has 0 amide bonds. The highest BCUT2D eigenvalue weighted by molar-refractivity contribution is 6.10. The van der Waals surface area contributed by atoms with Crippen LogP contribution in [0.3, 0.4) is 0 Å². The van der Waals surface area contributed by atoms with E-state index in [9.17, 15) is 0 Å². The number of hydrogen-bond donors (Lipinski definition) is 0. The lowest BCUT2D eigenvalue weighted by atomic mass is 9.62. The minimum atomic E-state index is -0.664. The first kappa shape index (κ1) is 28.9. The molecule has 2 aliphatic heterocycles. The lowest BCUT2D eigenvalue weighted by Gasteiger charge is -2.45. The van der Waals surface area contributed by atoms with Crippen molar-refractivity contribution in [1.82, 2.24) is 9.55 Å². The smallest absolute Gasteiger partial charge is 0.132 e. The van der Waals surface area contributed by atoms with Crippen LogP contribution in [0.1, 0.15) is 22.3 Å². The summed E-state index contributed by atoms with van der Waals surface area (Å²) in [5.41, 5.74) is 11.3. The topological polar surface area (TPSA) is 36.3 Å². The molecule has 0 radical (unpaired) electrons. The van der Waals surface area contributed by atoms with E-state index in [0.29, 0.717) is 0 Å². The van der Waals surface area contributed by atoms with Crippen molar-refractivity contribution in [3.05, 3.63) is 204 Å². The quantitative estimate of drug-likeness (QED) is 0.188. The molecule has 4 heteroatoms. The Morgan fingerprint density at radius 1 is 0.404 bits per heavy atom. The second kappa shape index (κ2) is 11.0. The van der Waals surface area contributed by atoms with Gasteiger partial charge in [0.25, 0.3) is 0 Å². The van der Waals surface area contributed by atoms with Crippen molar-refractivity contribution >= 4 is 21.8 Å². The van der Waals surface area contributed by atoms with Crippen LogP contribution in [0.2, 0.25) is 0 Å². The molecule has 9 aromatic rings. The Balaban J connectivity index is 1.15. The molecule has 0 unspecified atom stereocenters. The summed E-state index contributed by atoms with van der Waals surface area (Å²) in [6, 6.07) is 62.1. The summed E-state index contributed by atoms with van der Waals surface area (Å²) in [7, 11) is 0. The summed E-state index contributed by atoms with van der Waals surface area (Å²) in [6.07, 6.45) is 1.83. The molecule has 2 aliphatic rings. The van der Waals surface area contributed by atoms with Crippen molar-refractivity contribution in [1.29, 1.82) is 0 Å². The maximum atomic E-state index is 7.01. The SMILES string of the molecule is c1ccc(-n2c3ccccc3c3cc(-c4ccc5c(c4)Oc4cc(-c6ccccn6)ccc4C54c5ccccc5Oc5ccccc54)ccc32)cc1. The first-order valence-corrected chi connectivity index (χ1v) is 17.6. The van der Waals surface area contributed by atoms with Gasteiger partial charge in [-0.15, -0.1) is 0 Å². The van der Waals surface area contributed by atoms with Gasteiger partial charge in [0.05, 0.1) is 22.1 Å². The van der Waals surface area contributed by atoms with Crippen LogP contribution < -0.4 is 9.47 Å². The number of pyridine rings is 1. The molecule has 0 saturated carbocycles. The van der Waals surface area contributed by atoms with E-state index in [1.54, 1.807) is 0 Å². The van der Waals surface area contributed by atoms with E-state index in [4.69, 9.17) is 9.47 Å². The summed E-state index contributed by atoms with van der Waals surface area (Å²) in [5, 5.41) is 2.44. The van der Waals surface area contributed by atoms with Gasteiger partial charge >= 0.3 is 0 Å². The Hall–Kier alpha value is -6.91. The molecule has 4 nitrogen and oxygen atoms in total. The van der Waals surface area contributed by atoms with Crippen LogP contribution in [0.4, 0.5) is 0 Å². The Labute approximate surface area is 300 Å². The standard InChI is InChI=1S/C48H30N2O2/c1-2-12-34(13-3-1)50-42-18-7-4-14-35(42)36-28-31(23-26-43(36)50)32-21-24-39-46(29-32)52-47-30-33(41-17-10-11-27-49-41)22-25-40(47)48(39)37-15-5-8-19-44(37)51-45-20-9-6-16-38(45)48/h1-30H. The number of aromatic nitrogens is 2. The second-order valence-electron chi connectivity index (χ2n) is 13.5. The zero-order valence-corrected chi connectivity index (χ0v) is 28.0. The predicted octanol–water partition coefficient (Wildman–Crippen LogP) is 12.1. The highest BCUT2D eigenvalue weighted by atomic mass is 16.5. The van der Waals surface area contributed by atoms with Gasteiger partial charge in [0, 0.05) is 50.5 Å². The van der Waals surface area contributed by atoms with Gasteiger partial charge in [-0.05, 0) is 77.9 Å². The summed E-state index contributed by atoms with van der Waals surface area (Å²) in [4.78, 5) is 4.66. The van der Waals surface area contributed by atoms with Crippen molar-refractivity contribution in [2.24, 2.45) is 0 Å². The van der Waals surface area contributed by atoms with Crippen LogP contribution in [0, 0.1) is 0 Å². The Morgan fingerprint density at radius 2 is 0.962 bits per heavy atom. The average molecular weight is 667 g/mol. The molecular formula is C48H30N2O2. The van der Waals surface area contributed by atoms with Crippen molar-refractivity contribution in [2.45, 2.75) is 5.41 Å². The Bertz CT molecular complexity index is 2810. The van der Waals surface area contributed by atoms with E-state index in [1.807, 2.05) is 36.5 Å². The minimum Gasteiger partial charge on any atom is -0.457 e. The van der Waals surface area contributed by atoms with E-state index in [0.717, 1.165) is 73.3 Å². The predicted molar refractivity (Wildman–Crippen MR) is 208 cm³/mol. The molecule has 1 spiro atoms. The second-order valence-corrected chi connectivity index (χ2v) is 13.5. The van der Waals surface area contributed by atoms with Gasteiger partial charge in [-0.25, -0.2) is 0 Å². The molecule has 0 saturated heterocycles. The number of fused-ring (bicyclic) bond motifs is 11. The van der Waals surface area contributed by atoms with Crippen LogP contribution in [-0.2, 0) is 5.41 Å². The maximum Gasteiger partial charge on any atom is 0.132 e. The zero-order chi connectivity index (χ0) is 34.2. The highest BCUT2D eigenvalue weighted by Gasteiger charge is 2.50. The van der Waals surface area contributed by atoms with E-state index >= 15 is 0 Å². The molecule has 0 atom stereocenters. The van der Waals surface area contributed by atoms with Crippen LogP contribution >= 0.6 is 0 Å².